The van der Waals surface area contributed by atoms with Gasteiger partial charge in [-0.3, -0.25) is 0 Å². The quantitative estimate of drug-likeness (QED) is 0.425. The number of H-pyrrole nitrogens is 1. The molecule has 3 heterocycles. The number of aromatic amines is 1. The van der Waals surface area contributed by atoms with E-state index in [2.05, 4.69) is 19.9 Å². The lowest BCUT2D eigenvalue weighted by Crippen LogP contribution is -2.53. The number of aromatic nitrogens is 3. The molecule has 1 atom stereocenters. The zero-order chi connectivity index (χ0) is 24.7. The third-order valence-electron chi connectivity index (χ3n) is 6.15. The number of ether oxygens (including phenoxy) is 3. The van der Waals surface area contributed by atoms with Crippen molar-refractivity contribution in [1.29, 1.82) is 0 Å². The summed E-state index contributed by atoms with van der Waals surface area (Å²) in [6.07, 6.45) is 0.984. The molecule has 0 bridgehead atoms. The Morgan fingerprint density at radius 2 is 1.97 bits per heavy atom. The molecule has 1 saturated heterocycles. The standard InChI is InChI=1S/C25H26ClN5O4/c1-14-7-16-8-17(9-19(26)23(16)29-14)34-24-18-10-22(21(33-4)11-20(18)27-13-28-24)35-25(32)31-6-5-30(3)12-15(31)2/h7-11,13,15,29H,5-6,12H2,1-4H3/t15-/m1/s1. The first-order chi connectivity index (χ1) is 16.8. The minimum absolute atomic E-state index is 0.0339. The Hall–Kier alpha value is -3.56. The lowest BCUT2D eigenvalue weighted by molar-refractivity contribution is 0.0886. The van der Waals surface area contributed by atoms with Crippen molar-refractivity contribution in [3.63, 3.8) is 0 Å². The maximum Gasteiger partial charge on any atom is 0.415 e. The first kappa shape index (κ1) is 23.2. The van der Waals surface area contributed by atoms with E-state index in [1.165, 1.54) is 13.4 Å². The molecule has 1 amide bonds. The van der Waals surface area contributed by atoms with Gasteiger partial charge in [-0.1, -0.05) is 11.6 Å². The molecule has 5 rings (SSSR count). The smallest absolute Gasteiger partial charge is 0.415 e. The van der Waals surface area contributed by atoms with E-state index in [4.69, 9.17) is 25.8 Å². The summed E-state index contributed by atoms with van der Waals surface area (Å²) in [6.45, 7) is 6.12. The number of carbonyl (C=O) groups is 1. The molecule has 1 fully saturated rings. The van der Waals surface area contributed by atoms with E-state index in [1.54, 1.807) is 23.1 Å². The lowest BCUT2D eigenvalue weighted by atomic mass is 10.2. The van der Waals surface area contributed by atoms with Gasteiger partial charge in [0.05, 0.1) is 28.6 Å². The number of carbonyl (C=O) groups excluding carboxylic acids is 1. The normalized spacial score (nSPS) is 16.6. The van der Waals surface area contributed by atoms with Crippen LogP contribution in [0.4, 0.5) is 4.79 Å². The van der Waals surface area contributed by atoms with Gasteiger partial charge in [0.15, 0.2) is 11.5 Å². The molecule has 0 saturated carbocycles. The molecular formula is C25H26ClN5O4. The van der Waals surface area contributed by atoms with Gasteiger partial charge in [-0.2, -0.15) is 0 Å². The van der Waals surface area contributed by atoms with Gasteiger partial charge in [-0.15, -0.1) is 0 Å². The SMILES string of the molecule is COc1cc2ncnc(Oc3cc(Cl)c4[nH]c(C)cc4c3)c2cc1OC(=O)N1CCN(C)C[C@H]1C. The van der Waals surface area contributed by atoms with Crippen LogP contribution in [0.5, 0.6) is 23.1 Å². The first-order valence-electron chi connectivity index (χ1n) is 11.3. The number of hydrogen-bond acceptors (Lipinski definition) is 7. The van der Waals surface area contributed by atoms with E-state index in [1.807, 2.05) is 33.0 Å². The van der Waals surface area contributed by atoms with Crippen molar-refractivity contribution in [2.45, 2.75) is 19.9 Å². The maximum absolute atomic E-state index is 13.0. The molecule has 182 valence electrons. The molecule has 1 aliphatic rings. The van der Waals surface area contributed by atoms with Gasteiger partial charge in [0.1, 0.15) is 12.1 Å². The summed E-state index contributed by atoms with van der Waals surface area (Å²) in [7, 11) is 3.56. The van der Waals surface area contributed by atoms with Crippen LogP contribution in [0.2, 0.25) is 5.02 Å². The molecule has 2 aromatic carbocycles. The topological polar surface area (TPSA) is 92.8 Å². The number of piperazine rings is 1. The number of nitrogens with zero attached hydrogens (tertiary/aromatic N) is 4. The number of rotatable bonds is 4. The van der Waals surface area contributed by atoms with Gasteiger partial charge in [-0.25, -0.2) is 14.8 Å². The van der Waals surface area contributed by atoms with Crippen molar-refractivity contribution in [3.05, 3.63) is 47.4 Å². The van der Waals surface area contributed by atoms with Crippen LogP contribution in [-0.2, 0) is 0 Å². The molecule has 1 aliphatic heterocycles. The molecular weight excluding hydrogens is 470 g/mol. The Balaban J connectivity index is 1.48. The van der Waals surface area contributed by atoms with Crippen LogP contribution >= 0.6 is 11.6 Å². The number of fused-ring (bicyclic) bond motifs is 2. The second-order valence-electron chi connectivity index (χ2n) is 8.80. The van der Waals surface area contributed by atoms with Gasteiger partial charge in [-0.05, 0) is 39.1 Å². The van der Waals surface area contributed by atoms with Gasteiger partial charge in [0.25, 0.3) is 0 Å². The highest BCUT2D eigenvalue weighted by Crippen LogP contribution is 2.38. The fourth-order valence-corrected chi connectivity index (χ4v) is 4.67. The van der Waals surface area contributed by atoms with Crippen molar-refractivity contribution in [2.75, 3.05) is 33.8 Å². The summed E-state index contributed by atoms with van der Waals surface area (Å²) < 4.78 is 17.4. The first-order valence-corrected chi connectivity index (χ1v) is 11.7. The fourth-order valence-electron chi connectivity index (χ4n) is 4.41. The van der Waals surface area contributed by atoms with Crippen LogP contribution in [0.3, 0.4) is 0 Å². The fraction of sp³-hybridized carbons (Fsp3) is 0.320. The Labute approximate surface area is 207 Å². The highest BCUT2D eigenvalue weighted by Gasteiger charge is 2.28. The number of hydrogen-bond donors (Lipinski definition) is 1. The van der Waals surface area contributed by atoms with Crippen LogP contribution in [-0.4, -0.2) is 70.7 Å². The van der Waals surface area contributed by atoms with E-state index in [9.17, 15) is 4.79 Å². The number of benzene rings is 2. The molecule has 0 spiro atoms. The second kappa shape index (κ2) is 9.24. The summed E-state index contributed by atoms with van der Waals surface area (Å²) in [6, 6.07) is 9.01. The number of halogens is 1. The highest BCUT2D eigenvalue weighted by atomic mass is 35.5. The maximum atomic E-state index is 13.0. The van der Waals surface area contributed by atoms with Gasteiger partial charge in [0.2, 0.25) is 5.88 Å². The summed E-state index contributed by atoms with van der Waals surface area (Å²) in [5, 5.41) is 2.05. The molecule has 0 aliphatic carbocycles. The van der Waals surface area contributed by atoms with E-state index < -0.39 is 6.09 Å². The summed E-state index contributed by atoms with van der Waals surface area (Å²) in [4.78, 5) is 28.8. The Bertz CT molecular complexity index is 1420. The zero-order valence-corrected chi connectivity index (χ0v) is 20.7. The lowest BCUT2D eigenvalue weighted by Gasteiger charge is -2.37. The van der Waals surface area contributed by atoms with Crippen LogP contribution in [0.1, 0.15) is 12.6 Å². The van der Waals surface area contributed by atoms with E-state index in [0.717, 1.165) is 29.7 Å². The second-order valence-corrected chi connectivity index (χ2v) is 9.20. The predicted octanol–water partition coefficient (Wildman–Crippen LogP) is 5.01. The van der Waals surface area contributed by atoms with Crippen molar-refractivity contribution in [2.24, 2.45) is 0 Å². The molecule has 2 aromatic heterocycles. The van der Waals surface area contributed by atoms with Crippen molar-refractivity contribution in [1.82, 2.24) is 24.8 Å². The third-order valence-corrected chi connectivity index (χ3v) is 6.45. The van der Waals surface area contributed by atoms with Crippen LogP contribution < -0.4 is 14.2 Å². The predicted molar refractivity (Wildman–Crippen MR) is 134 cm³/mol. The molecule has 1 N–H and O–H groups in total. The average molecular weight is 496 g/mol. The number of methoxy groups -OCH3 is 1. The monoisotopic (exact) mass is 495 g/mol. The van der Waals surface area contributed by atoms with E-state index >= 15 is 0 Å². The number of likely N-dealkylation sites (N-methyl/N-ethyl adjacent to an activating group) is 1. The molecule has 10 heteroatoms. The Morgan fingerprint density at radius 3 is 2.74 bits per heavy atom. The van der Waals surface area contributed by atoms with Crippen molar-refractivity contribution in [3.8, 4) is 23.1 Å². The number of nitrogens with one attached hydrogen (secondary N) is 1. The van der Waals surface area contributed by atoms with Gasteiger partial charge in [0, 0.05) is 48.9 Å². The molecule has 0 radical (unpaired) electrons. The van der Waals surface area contributed by atoms with Crippen molar-refractivity contribution >= 4 is 39.5 Å². The van der Waals surface area contributed by atoms with Gasteiger partial charge >= 0.3 is 6.09 Å². The summed E-state index contributed by atoms with van der Waals surface area (Å²) in [5.74, 6) is 1.50. The van der Waals surface area contributed by atoms with E-state index in [-0.39, 0.29) is 11.8 Å². The Kier molecular flexibility index (Phi) is 6.12. The Morgan fingerprint density at radius 1 is 1.14 bits per heavy atom. The molecule has 35 heavy (non-hydrogen) atoms. The zero-order valence-electron chi connectivity index (χ0n) is 20.0. The summed E-state index contributed by atoms with van der Waals surface area (Å²) >= 11 is 6.45. The minimum atomic E-state index is -0.428. The highest BCUT2D eigenvalue weighted by molar-refractivity contribution is 6.35. The van der Waals surface area contributed by atoms with Gasteiger partial charge < -0.3 is 29.0 Å². The number of aryl methyl sites for hydroxylation is 1. The largest absolute Gasteiger partial charge is 0.493 e. The van der Waals surface area contributed by atoms with Crippen LogP contribution in [0.25, 0.3) is 21.8 Å². The van der Waals surface area contributed by atoms with Crippen LogP contribution in [0, 0.1) is 6.92 Å². The van der Waals surface area contributed by atoms with E-state index in [0.29, 0.717) is 39.8 Å². The number of amides is 1. The summed E-state index contributed by atoms with van der Waals surface area (Å²) in [5.41, 5.74) is 2.44. The molecule has 9 nitrogen and oxygen atoms in total. The minimum Gasteiger partial charge on any atom is -0.493 e. The molecule has 4 aromatic rings. The average Bonchev–Trinajstić information content (AvgIpc) is 3.19. The van der Waals surface area contributed by atoms with Crippen molar-refractivity contribution < 1.29 is 19.0 Å². The molecule has 0 unspecified atom stereocenters. The van der Waals surface area contributed by atoms with Crippen LogP contribution in [0.15, 0.2) is 36.7 Å². The third kappa shape index (κ3) is 4.56.